The Morgan fingerprint density at radius 2 is 1.67 bits per heavy atom. The Balaban J connectivity index is 2.33. The van der Waals surface area contributed by atoms with Crippen molar-refractivity contribution in [1.29, 1.82) is 0 Å². The first-order valence-electron chi connectivity index (χ1n) is 7.04. The number of rotatable bonds is 4. The normalized spacial score (nSPS) is 11.3. The van der Waals surface area contributed by atoms with Crippen molar-refractivity contribution in [2.24, 2.45) is 0 Å². The molecule has 2 rings (SSSR count). The number of halogens is 1. The summed E-state index contributed by atoms with van der Waals surface area (Å²) in [6.07, 6.45) is 0. The number of hydrogen-bond donors (Lipinski definition) is 2. The maximum Gasteiger partial charge on any atom is 0.138 e. The van der Waals surface area contributed by atoms with Crippen LogP contribution in [0.1, 0.15) is 33.5 Å². The number of benzene rings is 1. The van der Waals surface area contributed by atoms with Gasteiger partial charge in [0.2, 0.25) is 0 Å². The molecule has 1 aromatic heterocycles. The standard InChI is InChI=1S/C16H21ClN4/c1-5-18-13-10-14(21-15(20-13)16(2,3)4)19-12-8-6-11(17)7-9-12/h6-10H,5H2,1-4H3,(H2,18,19,20,21). The van der Waals surface area contributed by atoms with E-state index in [-0.39, 0.29) is 5.41 Å². The molecule has 0 fully saturated rings. The van der Waals surface area contributed by atoms with Gasteiger partial charge in [-0.05, 0) is 31.2 Å². The summed E-state index contributed by atoms with van der Waals surface area (Å²) < 4.78 is 0. The molecule has 0 unspecified atom stereocenters. The lowest BCUT2D eigenvalue weighted by molar-refractivity contribution is 0.547. The minimum absolute atomic E-state index is 0.109. The highest BCUT2D eigenvalue weighted by molar-refractivity contribution is 6.30. The van der Waals surface area contributed by atoms with Crippen molar-refractivity contribution >= 4 is 28.9 Å². The first-order valence-corrected chi connectivity index (χ1v) is 7.42. The number of nitrogens with one attached hydrogen (secondary N) is 2. The van der Waals surface area contributed by atoms with E-state index >= 15 is 0 Å². The molecule has 0 aliphatic carbocycles. The van der Waals surface area contributed by atoms with Crippen molar-refractivity contribution in [2.45, 2.75) is 33.1 Å². The van der Waals surface area contributed by atoms with E-state index in [2.05, 4.69) is 41.4 Å². The maximum atomic E-state index is 5.90. The average molecular weight is 305 g/mol. The van der Waals surface area contributed by atoms with Crippen LogP contribution in [0.4, 0.5) is 17.3 Å². The molecule has 0 aliphatic heterocycles. The molecule has 0 saturated heterocycles. The van der Waals surface area contributed by atoms with Gasteiger partial charge in [0.05, 0.1) is 0 Å². The average Bonchev–Trinajstić information content (AvgIpc) is 2.41. The molecule has 5 heteroatoms. The minimum Gasteiger partial charge on any atom is -0.370 e. The van der Waals surface area contributed by atoms with Gasteiger partial charge in [-0.15, -0.1) is 0 Å². The molecule has 4 nitrogen and oxygen atoms in total. The van der Waals surface area contributed by atoms with E-state index in [4.69, 9.17) is 11.6 Å². The zero-order chi connectivity index (χ0) is 15.5. The van der Waals surface area contributed by atoms with Gasteiger partial charge < -0.3 is 10.6 Å². The van der Waals surface area contributed by atoms with Crippen molar-refractivity contribution in [3.8, 4) is 0 Å². The van der Waals surface area contributed by atoms with Gasteiger partial charge in [0.1, 0.15) is 17.5 Å². The van der Waals surface area contributed by atoms with Gasteiger partial charge in [0, 0.05) is 28.7 Å². The van der Waals surface area contributed by atoms with Crippen molar-refractivity contribution in [3.63, 3.8) is 0 Å². The van der Waals surface area contributed by atoms with Crippen LogP contribution in [0.5, 0.6) is 0 Å². The number of nitrogens with zero attached hydrogens (tertiary/aromatic N) is 2. The monoisotopic (exact) mass is 304 g/mol. The smallest absolute Gasteiger partial charge is 0.138 e. The third-order valence-electron chi connectivity index (χ3n) is 2.87. The molecule has 0 aliphatic rings. The van der Waals surface area contributed by atoms with Crippen molar-refractivity contribution in [3.05, 3.63) is 41.2 Å². The van der Waals surface area contributed by atoms with Crippen LogP contribution in [-0.4, -0.2) is 16.5 Å². The molecule has 0 amide bonds. The first kappa shape index (κ1) is 15.6. The highest BCUT2D eigenvalue weighted by Crippen LogP contribution is 2.24. The van der Waals surface area contributed by atoms with E-state index in [1.165, 1.54) is 0 Å². The lowest BCUT2D eigenvalue weighted by Gasteiger charge is -2.19. The van der Waals surface area contributed by atoms with Crippen LogP contribution < -0.4 is 10.6 Å². The van der Waals surface area contributed by atoms with E-state index in [1.807, 2.05) is 37.3 Å². The van der Waals surface area contributed by atoms with Gasteiger partial charge in [-0.3, -0.25) is 0 Å². The predicted molar refractivity (Wildman–Crippen MR) is 89.6 cm³/mol. The fourth-order valence-corrected chi connectivity index (χ4v) is 1.93. The molecule has 21 heavy (non-hydrogen) atoms. The van der Waals surface area contributed by atoms with Crippen molar-refractivity contribution in [2.75, 3.05) is 17.2 Å². The molecule has 0 spiro atoms. The lowest BCUT2D eigenvalue weighted by Crippen LogP contribution is -2.18. The highest BCUT2D eigenvalue weighted by atomic mass is 35.5. The van der Waals surface area contributed by atoms with E-state index in [9.17, 15) is 0 Å². The molecule has 0 saturated carbocycles. The Morgan fingerprint density at radius 3 is 2.24 bits per heavy atom. The third kappa shape index (κ3) is 4.33. The zero-order valence-electron chi connectivity index (χ0n) is 12.9. The van der Waals surface area contributed by atoms with Crippen LogP contribution in [-0.2, 0) is 5.41 Å². The van der Waals surface area contributed by atoms with E-state index in [1.54, 1.807) is 0 Å². The van der Waals surface area contributed by atoms with Gasteiger partial charge in [-0.1, -0.05) is 32.4 Å². The molecule has 1 heterocycles. The summed E-state index contributed by atoms with van der Waals surface area (Å²) in [5.74, 6) is 2.40. The summed E-state index contributed by atoms with van der Waals surface area (Å²) in [7, 11) is 0. The number of aromatic nitrogens is 2. The molecule has 2 aromatic rings. The Hall–Kier alpha value is -1.81. The molecule has 2 N–H and O–H groups in total. The third-order valence-corrected chi connectivity index (χ3v) is 3.12. The second-order valence-corrected chi connectivity index (χ2v) is 6.31. The Labute approximate surface area is 131 Å². The van der Waals surface area contributed by atoms with Crippen LogP contribution in [0, 0.1) is 0 Å². The van der Waals surface area contributed by atoms with E-state index in [0.29, 0.717) is 5.02 Å². The Kier molecular flexibility index (Phi) is 4.68. The summed E-state index contributed by atoms with van der Waals surface area (Å²) in [5, 5.41) is 7.25. The lowest BCUT2D eigenvalue weighted by atomic mass is 9.96. The molecular formula is C16H21ClN4. The maximum absolute atomic E-state index is 5.90. The van der Waals surface area contributed by atoms with Crippen LogP contribution in [0.2, 0.25) is 5.02 Å². The summed E-state index contributed by atoms with van der Waals surface area (Å²) in [5.41, 5.74) is 0.836. The summed E-state index contributed by atoms with van der Waals surface area (Å²) >= 11 is 5.90. The zero-order valence-corrected chi connectivity index (χ0v) is 13.6. The predicted octanol–water partition coefficient (Wildman–Crippen LogP) is 4.60. The first-order chi connectivity index (χ1) is 9.88. The van der Waals surface area contributed by atoms with Crippen molar-refractivity contribution in [1.82, 2.24) is 9.97 Å². The van der Waals surface area contributed by atoms with Crippen LogP contribution in [0.25, 0.3) is 0 Å². The van der Waals surface area contributed by atoms with Crippen LogP contribution in [0.3, 0.4) is 0 Å². The second-order valence-electron chi connectivity index (χ2n) is 5.87. The van der Waals surface area contributed by atoms with Gasteiger partial charge in [0.15, 0.2) is 0 Å². The van der Waals surface area contributed by atoms with Crippen molar-refractivity contribution < 1.29 is 0 Å². The molecule has 1 aromatic carbocycles. The highest BCUT2D eigenvalue weighted by Gasteiger charge is 2.19. The summed E-state index contributed by atoms with van der Waals surface area (Å²) in [6, 6.07) is 9.46. The Morgan fingerprint density at radius 1 is 1.05 bits per heavy atom. The van der Waals surface area contributed by atoms with Crippen LogP contribution in [0.15, 0.2) is 30.3 Å². The minimum atomic E-state index is -0.109. The summed E-state index contributed by atoms with van der Waals surface area (Å²) in [4.78, 5) is 9.18. The van der Waals surface area contributed by atoms with Gasteiger partial charge >= 0.3 is 0 Å². The number of hydrogen-bond acceptors (Lipinski definition) is 4. The topological polar surface area (TPSA) is 49.8 Å². The number of anilines is 3. The van der Waals surface area contributed by atoms with E-state index in [0.717, 1.165) is 29.7 Å². The van der Waals surface area contributed by atoms with Crippen LogP contribution >= 0.6 is 11.6 Å². The quantitative estimate of drug-likeness (QED) is 0.866. The molecule has 0 radical (unpaired) electrons. The molecule has 112 valence electrons. The summed E-state index contributed by atoms with van der Waals surface area (Å²) in [6.45, 7) is 9.17. The molecule has 0 atom stereocenters. The van der Waals surface area contributed by atoms with Gasteiger partial charge in [0.25, 0.3) is 0 Å². The fraction of sp³-hybridized carbons (Fsp3) is 0.375. The molecule has 0 bridgehead atoms. The fourth-order valence-electron chi connectivity index (χ4n) is 1.80. The SMILES string of the molecule is CCNc1cc(Nc2ccc(Cl)cc2)nc(C(C)(C)C)n1. The Bertz CT molecular complexity index is 603. The van der Waals surface area contributed by atoms with Gasteiger partial charge in [-0.25, -0.2) is 9.97 Å². The second kappa shape index (κ2) is 6.31. The largest absolute Gasteiger partial charge is 0.370 e. The van der Waals surface area contributed by atoms with E-state index < -0.39 is 0 Å². The van der Waals surface area contributed by atoms with Gasteiger partial charge in [-0.2, -0.15) is 0 Å². The molecular weight excluding hydrogens is 284 g/mol.